The van der Waals surface area contributed by atoms with Gasteiger partial charge in [0.25, 0.3) is 0 Å². The van der Waals surface area contributed by atoms with Crippen LogP contribution in [0.2, 0.25) is 0 Å². The summed E-state index contributed by atoms with van der Waals surface area (Å²) in [4.78, 5) is 15.1. The number of hydrogen-bond acceptors (Lipinski definition) is 3. The molecule has 1 unspecified atom stereocenters. The topological polar surface area (TPSA) is 57.7 Å². The Morgan fingerprint density at radius 2 is 1.80 bits per heavy atom. The molecule has 25 heavy (non-hydrogen) atoms. The number of carbonyl (C=O) groups excluding carboxylic acids is 1. The van der Waals surface area contributed by atoms with E-state index in [1.54, 1.807) is 11.2 Å². The van der Waals surface area contributed by atoms with Crippen LogP contribution in [-0.4, -0.2) is 48.9 Å². The molecule has 0 aromatic heterocycles. The summed E-state index contributed by atoms with van der Waals surface area (Å²) in [6.07, 6.45) is 3.32. The van der Waals surface area contributed by atoms with Gasteiger partial charge in [-0.15, -0.1) is 0 Å². The molecular formula is C19H28N2O3S. The first-order chi connectivity index (χ1) is 11.9. The van der Waals surface area contributed by atoms with Gasteiger partial charge in [0.1, 0.15) is 0 Å². The molecule has 2 heterocycles. The molecule has 0 spiro atoms. The first kappa shape index (κ1) is 18.4. The van der Waals surface area contributed by atoms with Crippen LogP contribution in [0.25, 0.3) is 0 Å². The summed E-state index contributed by atoms with van der Waals surface area (Å²) in [5.74, 6) is 0.292. The maximum absolute atomic E-state index is 13.1. The Hall–Kier alpha value is -1.40. The molecule has 2 saturated heterocycles. The Morgan fingerprint density at radius 1 is 1.12 bits per heavy atom. The van der Waals surface area contributed by atoms with Crippen LogP contribution in [0.3, 0.4) is 0 Å². The van der Waals surface area contributed by atoms with E-state index in [1.165, 1.54) is 11.1 Å². The Kier molecular flexibility index (Phi) is 5.49. The van der Waals surface area contributed by atoms with E-state index in [0.29, 0.717) is 25.9 Å². The van der Waals surface area contributed by atoms with Crippen molar-refractivity contribution in [2.24, 2.45) is 5.92 Å². The summed E-state index contributed by atoms with van der Waals surface area (Å²) in [6.45, 7) is 5.52. The number of aryl methyl sites for hydroxylation is 1. The molecule has 0 N–H and O–H groups in total. The number of nitrogens with zero attached hydrogens (tertiary/aromatic N) is 2. The van der Waals surface area contributed by atoms with E-state index in [0.717, 1.165) is 19.4 Å². The summed E-state index contributed by atoms with van der Waals surface area (Å²) in [5.41, 5.74) is 2.48. The molecule has 0 bridgehead atoms. The van der Waals surface area contributed by atoms with Crippen molar-refractivity contribution in [3.63, 3.8) is 0 Å². The number of hydrogen-bond donors (Lipinski definition) is 0. The highest BCUT2D eigenvalue weighted by molar-refractivity contribution is 7.89. The van der Waals surface area contributed by atoms with Gasteiger partial charge in [0, 0.05) is 25.6 Å². The fourth-order valence-corrected chi connectivity index (χ4v) is 5.24. The van der Waals surface area contributed by atoms with Gasteiger partial charge in [0.2, 0.25) is 15.9 Å². The quantitative estimate of drug-likeness (QED) is 0.825. The van der Waals surface area contributed by atoms with Gasteiger partial charge in [-0.2, -0.15) is 0 Å². The fourth-order valence-electron chi connectivity index (χ4n) is 4.11. The minimum absolute atomic E-state index is 0.0482. The highest BCUT2D eigenvalue weighted by Gasteiger charge is 2.37. The maximum Gasteiger partial charge on any atom is 0.226 e. The predicted molar refractivity (Wildman–Crippen MR) is 98.6 cm³/mol. The second kappa shape index (κ2) is 7.46. The molecule has 3 rings (SSSR count). The second-order valence-corrected chi connectivity index (χ2v) is 9.38. The molecule has 1 aromatic rings. The first-order valence-corrected chi connectivity index (χ1v) is 10.9. The maximum atomic E-state index is 13.1. The number of piperidine rings is 1. The van der Waals surface area contributed by atoms with Crippen molar-refractivity contribution in [3.05, 3.63) is 35.4 Å². The van der Waals surface area contributed by atoms with Gasteiger partial charge in [0.05, 0.1) is 11.8 Å². The van der Waals surface area contributed by atoms with Crippen LogP contribution in [0.1, 0.15) is 49.8 Å². The lowest BCUT2D eigenvalue weighted by Gasteiger charge is -2.34. The Morgan fingerprint density at radius 3 is 2.44 bits per heavy atom. The summed E-state index contributed by atoms with van der Waals surface area (Å²) in [5, 5.41) is 0. The molecule has 5 nitrogen and oxygen atoms in total. The SMILES string of the molecule is CCS(=O)(=O)N1CCC(C(=O)N2CCCC2c2ccccc2C)CC1. The number of rotatable bonds is 4. The smallest absolute Gasteiger partial charge is 0.226 e. The standard InChI is InChI=1S/C19H28N2O3S/c1-3-25(23,24)20-13-10-16(11-14-20)19(22)21-12-6-9-18(21)17-8-5-4-7-15(17)2/h4-5,7-8,16,18H,3,6,9-14H2,1-2H3. The molecule has 0 radical (unpaired) electrons. The van der Waals surface area contributed by atoms with Crippen LogP contribution >= 0.6 is 0 Å². The minimum atomic E-state index is -3.14. The Balaban J connectivity index is 1.68. The summed E-state index contributed by atoms with van der Waals surface area (Å²) < 4.78 is 25.5. The molecule has 2 fully saturated rings. The van der Waals surface area contributed by atoms with Crippen LogP contribution in [0.5, 0.6) is 0 Å². The normalized spacial score (nSPS) is 23.1. The number of carbonyl (C=O) groups is 1. The number of amides is 1. The zero-order chi connectivity index (χ0) is 18.0. The van der Waals surface area contributed by atoms with Crippen molar-refractivity contribution in [2.75, 3.05) is 25.4 Å². The van der Waals surface area contributed by atoms with Gasteiger partial charge < -0.3 is 4.90 Å². The van der Waals surface area contributed by atoms with Gasteiger partial charge in [-0.05, 0) is 50.7 Å². The van der Waals surface area contributed by atoms with Gasteiger partial charge in [0.15, 0.2) is 0 Å². The average molecular weight is 365 g/mol. The lowest BCUT2D eigenvalue weighted by atomic mass is 9.94. The van der Waals surface area contributed by atoms with Gasteiger partial charge in [-0.25, -0.2) is 12.7 Å². The lowest BCUT2D eigenvalue weighted by molar-refractivity contribution is -0.137. The third-order valence-corrected chi connectivity index (χ3v) is 7.53. The van der Waals surface area contributed by atoms with E-state index in [1.807, 2.05) is 17.0 Å². The molecule has 2 aliphatic rings. The fraction of sp³-hybridized carbons (Fsp3) is 0.632. The zero-order valence-electron chi connectivity index (χ0n) is 15.1. The Labute approximate surface area is 151 Å². The molecule has 1 atom stereocenters. The van der Waals surface area contributed by atoms with E-state index in [4.69, 9.17) is 0 Å². The number of benzene rings is 1. The summed E-state index contributed by atoms with van der Waals surface area (Å²) in [7, 11) is -3.14. The molecule has 0 aliphatic carbocycles. The van der Waals surface area contributed by atoms with Crippen molar-refractivity contribution in [1.82, 2.24) is 9.21 Å². The van der Waals surface area contributed by atoms with Crippen LogP contribution < -0.4 is 0 Å². The lowest BCUT2D eigenvalue weighted by Crippen LogP contribution is -2.44. The van der Waals surface area contributed by atoms with E-state index < -0.39 is 10.0 Å². The molecule has 1 aromatic carbocycles. The zero-order valence-corrected chi connectivity index (χ0v) is 16.0. The minimum Gasteiger partial charge on any atom is -0.335 e. The van der Waals surface area contributed by atoms with Crippen molar-refractivity contribution < 1.29 is 13.2 Å². The predicted octanol–water partition coefficient (Wildman–Crippen LogP) is 2.72. The van der Waals surface area contributed by atoms with Crippen LogP contribution in [-0.2, 0) is 14.8 Å². The van der Waals surface area contributed by atoms with Gasteiger partial charge in [-0.1, -0.05) is 24.3 Å². The average Bonchev–Trinajstić information content (AvgIpc) is 3.11. The van der Waals surface area contributed by atoms with Crippen molar-refractivity contribution in [3.8, 4) is 0 Å². The molecule has 2 aliphatic heterocycles. The molecule has 1 amide bonds. The highest BCUT2D eigenvalue weighted by Crippen LogP contribution is 2.36. The molecular weight excluding hydrogens is 336 g/mol. The Bertz CT molecular complexity index is 724. The largest absolute Gasteiger partial charge is 0.335 e. The van der Waals surface area contributed by atoms with E-state index >= 15 is 0 Å². The van der Waals surface area contributed by atoms with E-state index in [9.17, 15) is 13.2 Å². The first-order valence-electron chi connectivity index (χ1n) is 9.28. The van der Waals surface area contributed by atoms with Gasteiger partial charge in [-0.3, -0.25) is 4.79 Å². The molecule has 6 heteroatoms. The summed E-state index contributed by atoms with van der Waals surface area (Å²) in [6, 6.07) is 8.47. The summed E-state index contributed by atoms with van der Waals surface area (Å²) >= 11 is 0. The van der Waals surface area contributed by atoms with Crippen molar-refractivity contribution in [2.45, 2.75) is 45.6 Å². The molecule has 138 valence electrons. The van der Waals surface area contributed by atoms with Crippen LogP contribution in [0, 0.1) is 12.8 Å². The monoisotopic (exact) mass is 364 g/mol. The highest BCUT2D eigenvalue weighted by atomic mass is 32.2. The van der Waals surface area contributed by atoms with Crippen LogP contribution in [0.4, 0.5) is 0 Å². The van der Waals surface area contributed by atoms with E-state index in [2.05, 4.69) is 19.1 Å². The van der Waals surface area contributed by atoms with Crippen LogP contribution in [0.15, 0.2) is 24.3 Å². The van der Waals surface area contributed by atoms with Gasteiger partial charge >= 0.3 is 0 Å². The number of likely N-dealkylation sites (tertiary alicyclic amines) is 1. The third kappa shape index (κ3) is 3.75. The third-order valence-electron chi connectivity index (χ3n) is 5.64. The second-order valence-electron chi connectivity index (χ2n) is 7.12. The number of sulfonamides is 1. The van der Waals surface area contributed by atoms with Crippen molar-refractivity contribution in [1.29, 1.82) is 0 Å². The molecule has 0 saturated carbocycles. The van der Waals surface area contributed by atoms with Crippen molar-refractivity contribution >= 4 is 15.9 Å². The van der Waals surface area contributed by atoms with E-state index in [-0.39, 0.29) is 23.6 Å².